The van der Waals surface area contributed by atoms with E-state index in [0.29, 0.717) is 29.4 Å². The summed E-state index contributed by atoms with van der Waals surface area (Å²) in [5.74, 6) is 1.06. The number of hydrogen-bond acceptors (Lipinski definition) is 6. The molecule has 0 fully saturated rings. The van der Waals surface area contributed by atoms with Crippen LogP contribution in [-0.2, 0) is 4.79 Å². The van der Waals surface area contributed by atoms with Crippen molar-refractivity contribution < 1.29 is 19.0 Å². The van der Waals surface area contributed by atoms with Gasteiger partial charge in [0.25, 0.3) is 0 Å². The predicted octanol–water partition coefficient (Wildman–Crippen LogP) is 4.53. The van der Waals surface area contributed by atoms with Gasteiger partial charge >= 0.3 is 5.97 Å². The van der Waals surface area contributed by atoms with Crippen LogP contribution in [0.4, 0.5) is 0 Å². The third-order valence-corrected chi connectivity index (χ3v) is 3.71. The Kier molecular flexibility index (Phi) is 8.04. The van der Waals surface area contributed by atoms with E-state index in [2.05, 4.69) is 0 Å². The number of nitrogens with zero attached hydrogens (tertiary/aromatic N) is 2. The Morgan fingerprint density at radius 1 is 1.03 bits per heavy atom. The molecule has 0 spiro atoms. The average Bonchev–Trinajstić information content (AvgIpc) is 2.75. The van der Waals surface area contributed by atoms with Gasteiger partial charge in [-0.15, -0.1) is 0 Å². The number of esters is 1. The second-order valence-electron chi connectivity index (χ2n) is 5.86. The topological polar surface area (TPSA) is 92.3 Å². The Labute approximate surface area is 169 Å². The molecule has 0 unspecified atom stereocenters. The Balaban J connectivity index is 2.02. The van der Waals surface area contributed by atoms with Crippen molar-refractivity contribution in [3.63, 3.8) is 0 Å². The number of rotatable bonds is 8. The Bertz CT molecular complexity index is 977. The maximum atomic E-state index is 12.0. The average molecular weight is 388 g/mol. The molecule has 0 aliphatic rings. The SMILES string of the molecule is CCCOc1ccc(/C=C/C(=O)Oc2ccc(C=C(C#N)C#N)cc2)cc1OC. The lowest BCUT2D eigenvalue weighted by Gasteiger charge is -2.10. The van der Waals surface area contributed by atoms with E-state index in [1.54, 1.807) is 61.7 Å². The summed E-state index contributed by atoms with van der Waals surface area (Å²) in [5, 5.41) is 17.5. The number of carbonyl (C=O) groups is 1. The Morgan fingerprint density at radius 2 is 1.72 bits per heavy atom. The van der Waals surface area contributed by atoms with E-state index in [0.717, 1.165) is 12.0 Å². The fourth-order valence-corrected chi connectivity index (χ4v) is 2.32. The van der Waals surface area contributed by atoms with Crippen LogP contribution in [0.5, 0.6) is 17.2 Å². The minimum atomic E-state index is -0.534. The first-order valence-corrected chi connectivity index (χ1v) is 8.92. The first-order valence-electron chi connectivity index (χ1n) is 8.92. The predicted molar refractivity (Wildman–Crippen MR) is 109 cm³/mol. The van der Waals surface area contributed by atoms with E-state index in [9.17, 15) is 4.79 Å². The molecule has 6 nitrogen and oxygen atoms in total. The van der Waals surface area contributed by atoms with Crippen LogP contribution in [0.2, 0.25) is 0 Å². The molecule has 0 N–H and O–H groups in total. The Morgan fingerprint density at radius 3 is 2.34 bits per heavy atom. The molecule has 0 heterocycles. The number of carbonyl (C=O) groups excluding carboxylic acids is 1. The molecule has 29 heavy (non-hydrogen) atoms. The molecule has 6 heteroatoms. The fraction of sp³-hybridized carbons (Fsp3) is 0.174. The number of methoxy groups -OCH3 is 1. The molecule has 2 rings (SSSR count). The summed E-state index contributed by atoms with van der Waals surface area (Å²) in [7, 11) is 1.56. The highest BCUT2D eigenvalue weighted by molar-refractivity contribution is 5.88. The highest BCUT2D eigenvalue weighted by Gasteiger charge is 2.05. The van der Waals surface area contributed by atoms with Gasteiger partial charge in [-0.05, 0) is 54.0 Å². The molecular weight excluding hydrogens is 368 g/mol. The van der Waals surface area contributed by atoms with E-state index >= 15 is 0 Å². The molecule has 0 saturated carbocycles. The maximum absolute atomic E-state index is 12.0. The van der Waals surface area contributed by atoms with Crippen LogP contribution in [-0.4, -0.2) is 19.7 Å². The molecule has 2 aromatic carbocycles. The lowest BCUT2D eigenvalue weighted by atomic mass is 10.1. The molecular formula is C23H20N2O4. The van der Waals surface area contributed by atoms with Gasteiger partial charge in [0.1, 0.15) is 23.5 Å². The highest BCUT2D eigenvalue weighted by atomic mass is 16.5. The van der Waals surface area contributed by atoms with Gasteiger partial charge in [0.15, 0.2) is 11.5 Å². The van der Waals surface area contributed by atoms with Gasteiger partial charge < -0.3 is 14.2 Å². The van der Waals surface area contributed by atoms with Crippen LogP contribution in [0.15, 0.2) is 54.1 Å². The van der Waals surface area contributed by atoms with Crippen LogP contribution in [0.25, 0.3) is 12.2 Å². The first kappa shape index (κ1) is 21.3. The van der Waals surface area contributed by atoms with Gasteiger partial charge in [0, 0.05) is 6.08 Å². The van der Waals surface area contributed by atoms with Crippen molar-refractivity contribution in [3.05, 3.63) is 65.2 Å². The summed E-state index contributed by atoms with van der Waals surface area (Å²) in [6, 6.07) is 15.5. The number of hydrogen-bond donors (Lipinski definition) is 0. The summed E-state index contributed by atoms with van der Waals surface area (Å²) in [4.78, 5) is 12.0. The van der Waals surface area contributed by atoms with E-state index in [4.69, 9.17) is 24.7 Å². The summed E-state index contributed by atoms with van der Waals surface area (Å²) in [6.45, 7) is 2.62. The van der Waals surface area contributed by atoms with Gasteiger partial charge in [-0.2, -0.15) is 10.5 Å². The summed E-state index contributed by atoms with van der Waals surface area (Å²) < 4.78 is 16.2. The normalized spacial score (nSPS) is 9.93. The smallest absolute Gasteiger partial charge is 0.336 e. The molecule has 0 radical (unpaired) electrons. The van der Waals surface area contributed by atoms with E-state index in [1.807, 2.05) is 13.0 Å². The lowest BCUT2D eigenvalue weighted by molar-refractivity contribution is -0.128. The molecule has 0 bridgehead atoms. The molecule has 0 atom stereocenters. The monoisotopic (exact) mass is 388 g/mol. The van der Waals surface area contributed by atoms with Crippen LogP contribution in [0, 0.1) is 22.7 Å². The quantitative estimate of drug-likeness (QED) is 0.285. The van der Waals surface area contributed by atoms with Gasteiger partial charge in [0.05, 0.1) is 13.7 Å². The highest BCUT2D eigenvalue weighted by Crippen LogP contribution is 2.28. The van der Waals surface area contributed by atoms with Crippen molar-refractivity contribution in [1.82, 2.24) is 0 Å². The lowest BCUT2D eigenvalue weighted by Crippen LogP contribution is -2.03. The van der Waals surface area contributed by atoms with Crippen molar-refractivity contribution >= 4 is 18.1 Å². The Hall–Kier alpha value is -4.03. The van der Waals surface area contributed by atoms with Crippen LogP contribution < -0.4 is 14.2 Å². The fourth-order valence-electron chi connectivity index (χ4n) is 2.32. The van der Waals surface area contributed by atoms with Gasteiger partial charge in [-0.1, -0.05) is 25.1 Å². The standard InChI is InChI=1S/C23H20N2O4/c1-3-12-28-21-10-6-18(14-22(21)27-2)7-11-23(26)29-20-8-4-17(5-9-20)13-19(15-24)16-25/h4-11,13-14H,3,12H2,1-2H3/b11-7+. The van der Waals surface area contributed by atoms with E-state index < -0.39 is 5.97 Å². The van der Waals surface area contributed by atoms with Crippen molar-refractivity contribution in [2.24, 2.45) is 0 Å². The first-order chi connectivity index (χ1) is 14.1. The van der Waals surface area contributed by atoms with Gasteiger partial charge in [-0.3, -0.25) is 0 Å². The molecule has 146 valence electrons. The van der Waals surface area contributed by atoms with Crippen molar-refractivity contribution in [2.75, 3.05) is 13.7 Å². The van der Waals surface area contributed by atoms with Crippen LogP contribution >= 0.6 is 0 Å². The minimum absolute atomic E-state index is 0.000723. The number of ether oxygens (including phenoxy) is 3. The van der Waals surface area contributed by atoms with Gasteiger partial charge in [-0.25, -0.2) is 4.79 Å². The third kappa shape index (κ3) is 6.57. The molecule has 0 aliphatic heterocycles. The largest absolute Gasteiger partial charge is 0.493 e. The number of nitriles is 2. The zero-order chi connectivity index (χ0) is 21.1. The van der Waals surface area contributed by atoms with Gasteiger partial charge in [0.2, 0.25) is 0 Å². The maximum Gasteiger partial charge on any atom is 0.336 e. The molecule has 0 aromatic heterocycles. The number of allylic oxidation sites excluding steroid dienone is 1. The molecule has 0 saturated heterocycles. The van der Waals surface area contributed by atoms with Crippen molar-refractivity contribution in [3.8, 4) is 29.4 Å². The second-order valence-corrected chi connectivity index (χ2v) is 5.86. The molecule has 2 aromatic rings. The molecule has 0 aliphatic carbocycles. The third-order valence-electron chi connectivity index (χ3n) is 3.71. The van der Waals surface area contributed by atoms with Crippen molar-refractivity contribution in [1.29, 1.82) is 10.5 Å². The van der Waals surface area contributed by atoms with Crippen LogP contribution in [0.3, 0.4) is 0 Å². The minimum Gasteiger partial charge on any atom is -0.493 e. The number of benzene rings is 2. The zero-order valence-electron chi connectivity index (χ0n) is 16.2. The van der Waals surface area contributed by atoms with Crippen LogP contribution in [0.1, 0.15) is 24.5 Å². The van der Waals surface area contributed by atoms with E-state index in [1.165, 1.54) is 12.2 Å². The van der Waals surface area contributed by atoms with E-state index in [-0.39, 0.29) is 5.57 Å². The second kappa shape index (κ2) is 11.0. The summed E-state index contributed by atoms with van der Waals surface area (Å²) >= 11 is 0. The van der Waals surface area contributed by atoms with Crippen molar-refractivity contribution in [2.45, 2.75) is 13.3 Å². The summed E-state index contributed by atoms with van der Waals surface area (Å²) in [6.07, 6.45) is 5.29. The zero-order valence-corrected chi connectivity index (χ0v) is 16.2. The summed E-state index contributed by atoms with van der Waals surface area (Å²) in [5.41, 5.74) is 1.43. The molecule has 0 amide bonds.